The lowest BCUT2D eigenvalue weighted by Crippen LogP contribution is -2.38. The van der Waals surface area contributed by atoms with Gasteiger partial charge in [-0.2, -0.15) is 5.10 Å². The molecule has 1 aromatic carbocycles. The zero-order chi connectivity index (χ0) is 19.5. The first-order valence-electron chi connectivity index (χ1n) is 7.48. The van der Waals surface area contributed by atoms with E-state index in [1.165, 1.54) is 31.2 Å². The van der Waals surface area contributed by atoms with Crippen LogP contribution in [0.15, 0.2) is 34.3 Å². The van der Waals surface area contributed by atoms with E-state index in [2.05, 4.69) is 5.10 Å². The van der Waals surface area contributed by atoms with Crippen molar-refractivity contribution >= 4 is 44.5 Å². The summed E-state index contributed by atoms with van der Waals surface area (Å²) in [5.41, 5.74) is 0.850. The molecule has 1 aromatic rings. The van der Waals surface area contributed by atoms with Crippen molar-refractivity contribution in [1.29, 1.82) is 0 Å². The minimum Gasteiger partial charge on any atom is -0.480 e. The van der Waals surface area contributed by atoms with Gasteiger partial charge in [-0.15, -0.1) is 0 Å². The third kappa shape index (κ3) is 4.90. The quantitative estimate of drug-likeness (QED) is 0.703. The van der Waals surface area contributed by atoms with Crippen LogP contribution in [0.25, 0.3) is 0 Å². The molecule has 0 bridgehead atoms. The van der Waals surface area contributed by atoms with E-state index < -0.39 is 27.9 Å². The molecule has 0 fully saturated rings. The number of hydrogen-bond donors (Lipinski definition) is 2. The SMILES string of the molecule is CC(=O)SCCC(=O)N1N=C(c2ccc(S(N)(=O)=O)cc2)CC1C(=O)O. The van der Waals surface area contributed by atoms with Crippen LogP contribution in [-0.2, 0) is 24.4 Å². The minimum atomic E-state index is -3.84. The number of primary sulfonamides is 1. The lowest BCUT2D eigenvalue weighted by molar-refractivity contribution is -0.148. The molecule has 0 saturated heterocycles. The molecule has 0 spiro atoms. The van der Waals surface area contributed by atoms with E-state index in [9.17, 15) is 27.9 Å². The highest BCUT2D eigenvalue weighted by Crippen LogP contribution is 2.23. The largest absolute Gasteiger partial charge is 0.480 e. The lowest BCUT2D eigenvalue weighted by Gasteiger charge is -2.17. The Balaban J connectivity index is 2.20. The molecule has 1 amide bonds. The van der Waals surface area contributed by atoms with Crippen LogP contribution in [0.4, 0.5) is 0 Å². The van der Waals surface area contributed by atoms with Crippen molar-refractivity contribution < 1.29 is 27.9 Å². The van der Waals surface area contributed by atoms with Crippen molar-refractivity contribution in [3.63, 3.8) is 0 Å². The summed E-state index contributed by atoms with van der Waals surface area (Å²) in [6, 6.07) is 4.35. The summed E-state index contributed by atoms with van der Waals surface area (Å²) in [5, 5.41) is 19.2. The van der Waals surface area contributed by atoms with Gasteiger partial charge in [-0.1, -0.05) is 23.9 Å². The maximum absolute atomic E-state index is 12.2. The molecule has 1 heterocycles. The highest BCUT2D eigenvalue weighted by molar-refractivity contribution is 8.13. The lowest BCUT2D eigenvalue weighted by atomic mass is 10.0. The van der Waals surface area contributed by atoms with Crippen molar-refractivity contribution in [2.24, 2.45) is 10.2 Å². The van der Waals surface area contributed by atoms with E-state index in [1.807, 2.05) is 0 Å². The zero-order valence-electron chi connectivity index (χ0n) is 13.8. The number of hydrazone groups is 1. The molecule has 11 heteroatoms. The number of carboxylic acids is 1. The molecular weight excluding hydrogens is 382 g/mol. The standard InChI is InChI=1S/C15H17N3O6S2/c1-9(19)25-7-6-14(20)18-13(15(21)22)8-12(17-18)10-2-4-11(5-3-10)26(16,23)24/h2-5,13H,6-8H2,1H3,(H,21,22)(H2,16,23,24). The van der Waals surface area contributed by atoms with E-state index in [4.69, 9.17) is 5.14 Å². The average Bonchev–Trinajstić information content (AvgIpc) is 2.99. The molecule has 0 saturated carbocycles. The number of nitrogens with zero attached hydrogens (tertiary/aromatic N) is 2. The summed E-state index contributed by atoms with van der Waals surface area (Å²) < 4.78 is 22.6. The second-order valence-electron chi connectivity index (χ2n) is 5.50. The van der Waals surface area contributed by atoms with Gasteiger partial charge in [0.05, 0.1) is 10.6 Å². The van der Waals surface area contributed by atoms with Crippen LogP contribution in [0.3, 0.4) is 0 Å². The van der Waals surface area contributed by atoms with E-state index >= 15 is 0 Å². The Hall–Kier alpha value is -2.24. The number of benzene rings is 1. The molecule has 0 aromatic heterocycles. The van der Waals surface area contributed by atoms with Crippen molar-refractivity contribution in [3.05, 3.63) is 29.8 Å². The molecule has 3 N–H and O–H groups in total. The first-order valence-corrected chi connectivity index (χ1v) is 10.0. The third-order valence-electron chi connectivity index (χ3n) is 3.59. The second kappa shape index (κ2) is 7.98. The fourth-order valence-corrected chi connectivity index (χ4v) is 3.42. The van der Waals surface area contributed by atoms with Crippen LogP contribution in [0.1, 0.15) is 25.3 Å². The number of hydrogen-bond acceptors (Lipinski definition) is 7. The van der Waals surface area contributed by atoms with Gasteiger partial charge in [-0.25, -0.2) is 23.4 Å². The Kier molecular flexibility index (Phi) is 6.16. The van der Waals surface area contributed by atoms with Gasteiger partial charge in [-0.05, 0) is 17.7 Å². The van der Waals surface area contributed by atoms with Gasteiger partial charge >= 0.3 is 5.97 Å². The summed E-state index contributed by atoms with van der Waals surface area (Å²) in [5.74, 6) is -1.45. The third-order valence-corrected chi connectivity index (χ3v) is 5.33. The van der Waals surface area contributed by atoms with Gasteiger partial charge in [0.15, 0.2) is 11.2 Å². The number of thioether (sulfide) groups is 1. The summed E-state index contributed by atoms with van der Waals surface area (Å²) in [6.45, 7) is 1.38. The van der Waals surface area contributed by atoms with Crippen molar-refractivity contribution in [3.8, 4) is 0 Å². The number of carbonyl (C=O) groups excluding carboxylic acids is 2. The van der Waals surface area contributed by atoms with Crippen LogP contribution in [0.2, 0.25) is 0 Å². The summed E-state index contributed by atoms with van der Waals surface area (Å²) in [6.07, 6.45) is -0.0230. The van der Waals surface area contributed by atoms with E-state index in [0.29, 0.717) is 11.3 Å². The topological polar surface area (TPSA) is 147 Å². The highest BCUT2D eigenvalue weighted by atomic mass is 32.2. The molecule has 9 nitrogen and oxygen atoms in total. The number of aliphatic carboxylic acids is 1. The molecule has 0 radical (unpaired) electrons. The Morgan fingerprint density at radius 3 is 2.42 bits per heavy atom. The fourth-order valence-electron chi connectivity index (χ4n) is 2.34. The van der Waals surface area contributed by atoms with Gasteiger partial charge in [0.1, 0.15) is 0 Å². The zero-order valence-corrected chi connectivity index (χ0v) is 15.4. The summed E-state index contributed by atoms with van der Waals surface area (Å²) >= 11 is 0.978. The molecule has 0 aliphatic carbocycles. The fraction of sp³-hybridized carbons (Fsp3) is 0.333. The molecular formula is C15H17N3O6S2. The Labute approximate surface area is 154 Å². The normalized spacial score (nSPS) is 17.1. The van der Waals surface area contributed by atoms with Gasteiger partial charge in [0, 0.05) is 25.5 Å². The first kappa shape index (κ1) is 20.1. The Bertz CT molecular complexity index is 864. The highest BCUT2D eigenvalue weighted by Gasteiger charge is 2.36. The van der Waals surface area contributed by atoms with Crippen LogP contribution < -0.4 is 5.14 Å². The average molecular weight is 399 g/mol. The molecule has 1 atom stereocenters. The summed E-state index contributed by atoms with van der Waals surface area (Å²) in [7, 11) is -3.84. The Morgan fingerprint density at radius 2 is 1.92 bits per heavy atom. The molecule has 1 aliphatic rings. The maximum atomic E-state index is 12.2. The minimum absolute atomic E-state index is 0.00432. The molecule has 1 aliphatic heterocycles. The Morgan fingerprint density at radius 1 is 1.31 bits per heavy atom. The predicted octanol–water partition coefficient (Wildman–Crippen LogP) is 0.393. The van der Waals surface area contributed by atoms with E-state index in [1.54, 1.807) is 0 Å². The van der Waals surface area contributed by atoms with Gasteiger partial charge in [-0.3, -0.25) is 9.59 Å². The van der Waals surface area contributed by atoms with Gasteiger partial charge in [0.2, 0.25) is 15.9 Å². The van der Waals surface area contributed by atoms with Crippen LogP contribution in [0.5, 0.6) is 0 Å². The number of carboxylic acid groups (broad SMARTS) is 1. The molecule has 140 valence electrons. The number of sulfonamides is 1. The molecule has 2 rings (SSSR count). The maximum Gasteiger partial charge on any atom is 0.329 e. The van der Waals surface area contributed by atoms with Gasteiger partial charge < -0.3 is 5.11 Å². The van der Waals surface area contributed by atoms with Crippen LogP contribution in [0, 0.1) is 0 Å². The smallest absolute Gasteiger partial charge is 0.329 e. The summed E-state index contributed by atoms with van der Waals surface area (Å²) in [4.78, 5) is 34.5. The number of rotatable bonds is 6. The first-order chi connectivity index (χ1) is 12.1. The molecule has 26 heavy (non-hydrogen) atoms. The second-order valence-corrected chi connectivity index (χ2v) is 8.34. The number of nitrogens with two attached hydrogens (primary N) is 1. The van der Waals surface area contributed by atoms with Crippen molar-refractivity contribution in [1.82, 2.24) is 5.01 Å². The van der Waals surface area contributed by atoms with Crippen LogP contribution in [-0.4, -0.2) is 53.0 Å². The van der Waals surface area contributed by atoms with Gasteiger partial charge in [0.25, 0.3) is 0 Å². The number of amides is 1. The molecule has 1 unspecified atom stereocenters. The van der Waals surface area contributed by atoms with Crippen molar-refractivity contribution in [2.45, 2.75) is 30.7 Å². The van der Waals surface area contributed by atoms with Crippen molar-refractivity contribution in [2.75, 3.05) is 5.75 Å². The monoisotopic (exact) mass is 399 g/mol. The van der Waals surface area contributed by atoms with E-state index in [0.717, 1.165) is 16.8 Å². The van der Waals surface area contributed by atoms with Crippen LogP contribution >= 0.6 is 11.8 Å². The predicted molar refractivity (Wildman–Crippen MR) is 95.0 cm³/mol. The van der Waals surface area contributed by atoms with E-state index in [-0.39, 0.29) is 28.6 Å². The number of carbonyl (C=O) groups is 3.